The van der Waals surface area contributed by atoms with Crippen LogP contribution in [0.5, 0.6) is 0 Å². The number of carboxylic acids is 1. The molecule has 0 aromatic carbocycles. The minimum Gasteiger partial charge on any atom is -0.478 e. The molecule has 0 bridgehead atoms. The average molecular weight is 270 g/mol. The molecule has 1 rings (SSSR count). The van der Waals surface area contributed by atoms with E-state index in [9.17, 15) is 9.59 Å². The van der Waals surface area contributed by atoms with Gasteiger partial charge in [-0.3, -0.25) is 4.79 Å². The summed E-state index contributed by atoms with van der Waals surface area (Å²) in [6, 6.07) is -0.824. The van der Waals surface area contributed by atoms with Gasteiger partial charge in [0.1, 0.15) is 0 Å². The minimum atomic E-state index is -0.985. The zero-order valence-electron chi connectivity index (χ0n) is 11.4. The highest BCUT2D eigenvalue weighted by molar-refractivity contribution is 5.87. The van der Waals surface area contributed by atoms with Crippen molar-refractivity contribution < 1.29 is 19.4 Å². The molecular weight excluding hydrogens is 248 g/mol. The normalized spacial score (nSPS) is 26.7. The Morgan fingerprint density at radius 1 is 1.53 bits per heavy atom. The van der Waals surface area contributed by atoms with Gasteiger partial charge in [-0.2, -0.15) is 0 Å². The van der Waals surface area contributed by atoms with Gasteiger partial charge < -0.3 is 20.9 Å². The fraction of sp³-hybridized carbons (Fsp3) is 0.692. The lowest BCUT2D eigenvalue weighted by atomic mass is 9.88. The van der Waals surface area contributed by atoms with Gasteiger partial charge in [0.15, 0.2) is 0 Å². The number of hydrogen-bond acceptors (Lipinski definition) is 4. The van der Waals surface area contributed by atoms with E-state index in [0.717, 1.165) is 6.42 Å². The van der Waals surface area contributed by atoms with Crippen LogP contribution in [-0.4, -0.2) is 41.8 Å². The second-order valence-corrected chi connectivity index (χ2v) is 4.65. The molecule has 6 heteroatoms. The van der Waals surface area contributed by atoms with Crippen molar-refractivity contribution in [1.82, 2.24) is 5.32 Å². The Hall–Kier alpha value is -1.40. The second-order valence-electron chi connectivity index (χ2n) is 4.65. The van der Waals surface area contributed by atoms with Crippen molar-refractivity contribution in [3.63, 3.8) is 0 Å². The lowest BCUT2D eigenvalue weighted by Crippen LogP contribution is -2.56. The predicted octanol–water partition coefficient (Wildman–Crippen LogP) is 0.418. The lowest BCUT2D eigenvalue weighted by molar-refractivity contribution is -0.133. The van der Waals surface area contributed by atoms with Crippen LogP contribution in [0.3, 0.4) is 0 Å². The van der Waals surface area contributed by atoms with E-state index in [-0.39, 0.29) is 23.9 Å². The van der Waals surface area contributed by atoms with Gasteiger partial charge in [-0.1, -0.05) is 13.8 Å². The van der Waals surface area contributed by atoms with Crippen LogP contribution in [0.2, 0.25) is 0 Å². The molecule has 1 aliphatic carbocycles. The van der Waals surface area contributed by atoms with Crippen LogP contribution in [0.1, 0.15) is 33.1 Å². The Labute approximate surface area is 113 Å². The molecule has 4 N–H and O–H groups in total. The topological polar surface area (TPSA) is 102 Å². The molecule has 108 valence electrons. The van der Waals surface area contributed by atoms with Crippen molar-refractivity contribution in [1.29, 1.82) is 0 Å². The fourth-order valence-corrected chi connectivity index (χ4v) is 2.04. The average Bonchev–Trinajstić information content (AvgIpc) is 2.38. The van der Waals surface area contributed by atoms with E-state index in [2.05, 4.69) is 5.32 Å². The minimum absolute atomic E-state index is 0.113. The van der Waals surface area contributed by atoms with Crippen LogP contribution >= 0.6 is 0 Å². The SMILES string of the molecule is CCCOC1C=C(C(=O)O)CC(N)C1NC(=O)CC. The van der Waals surface area contributed by atoms with E-state index in [1.54, 1.807) is 13.0 Å². The Morgan fingerprint density at radius 3 is 2.74 bits per heavy atom. The second kappa shape index (κ2) is 7.25. The van der Waals surface area contributed by atoms with Gasteiger partial charge >= 0.3 is 5.97 Å². The Kier molecular flexibility index (Phi) is 5.98. The maximum atomic E-state index is 11.5. The number of aliphatic carboxylic acids is 1. The molecular formula is C13H22N2O4. The van der Waals surface area contributed by atoms with Gasteiger partial charge in [-0.25, -0.2) is 4.79 Å². The van der Waals surface area contributed by atoms with Crippen molar-refractivity contribution in [3.8, 4) is 0 Å². The van der Waals surface area contributed by atoms with Crippen molar-refractivity contribution in [2.75, 3.05) is 6.61 Å². The highest BCUT2D eigenvalue weighted by atomic mass is 16.5. The van der Waals surface area contributed by atoms with E-state index in [4.69, 9.17) is 15.6 Å². The molecule has 19 heavy (non-hydrogen) atoms. The third-order valence-electron chi connectivity index (χ3n) is 3.07. The first-order valence-electron chi connectivity index (χ1n) is 6.60. The summed E-state index contributed by atoms with van der Waals surface area (Å²) >= 11 is 0. The molecule has 0 heterocycles. The van der Waals surface area contributed by atoms with E-state index < -0.39 is 18.1 Å². The smallest absolute Gasteiger partial charge is 0.331 e. The van der Waals surface area contributed by atoms with Crippen LogP contribution in [0.15, 0.2) is 11.6 Å². The molecule has 0 aromatic heterocycles. The molecule has 1 amide bonds. The first-order chi connectivity index (χ1) is 8.99. The molecule has 0 fully saturated rings. The summed E-state index contributed by atoms with van der Waals surface area (Å²) in [5.41, 5.74) is 6.22. The van der Waals surface area contributed by atoms with Crippen LogP contribution in [0.25, 0.3) is 0 Å². The zero-order valence-corrected chi connectivity index (χ0v) is 11.4. The Bertz CT molecular complexity index is 368. The molecule has 0 spiro atoms. The van der Waals surface area contributed by atoms with Crippen molar-refractivity contribution >= 4 is 11.9 Å². The number of carbonyl (C=O) groups is 2. The third kappa shape index (κ3) is 4.33. The van der Waals surface area contributed by atoms with Crippen molar-refractivity contribution in [2.45, 2.75) is 51.3 Å². The van der Waals surface area contributed by atoms with Gasteiger partial charge in [0.2, 0.25) is 5.91 Å². The molecule has 0 saturated carbocycles. The number of hydrogen-bond donors (Lipinski definition) is 3. The maximum absolute atomic E-state index is 11.5. The third-order valence-corrected chi connectivity index (χ3v) is 3.07. The van der Waals surface area contributed by atoms with E-state index in [1.165, 1.54) is 0 Å². The number of nitrogens with two attached hydrogens (primary N) is 1. The largest absolute Gasteiger partial charge is 0.478 e. The first-order valence-corrected chi connectivity index (χ1v) is 6.60. The van der Waals surface area contributed by atoms with Crippen LogP contribution in [0, 0.1) is 0 Å². The number of nitrogens with one attached hydrogen (secondary N) is 1. The fourth-order valence-electron chi connectivity index (χ4n) is 2.04. The van der Waals surface area contributed by atoms with Gasteiger partial charge in [0.25, 0.3) is 0 Å². The van der Waals surface area contributed by atoms with Crippen LogP contribution < -0.4 is 11.1 Å². The van der Waals surface area contributed by atoms with Gasteiger partial charge in [0.05, 0.1) is 12.1 Å². The van der Waals surface area contributed by atoms with Crippen LogP contribution in [0.4, 0.5) is 0 Å². The standard InChI is InChI=1S/C13H22N2O4/c1-3-5-19-10-7-8(13(17)18)6-9(14)12(10)15-11(16)4-2/h7,9-10,12H,3-6,14H2,1-2H3,(H,15,16)(H,17,18). The van der Waals surface area contributed by atoms with Gasteiger partial charge in [-0.05, 0) is 18.9 Å². The van der Waals surface area contributed by atoms with Gasteiger partial charge in [-0.15, -0.1) is 0 Å². The van der Waals surface area contributed by atoms with Crippen LogP contribution in [-0.2, 0) is 14.3 Å². The summed E-state index contributed by atoms with van der Waals surface area (Å²) in [5, 5.41) is 11.9. The lowest BCUT2D eigenvalue weighted by Gasteiger charge is -2.34. The maximum Gasteiger partial charge on any atom is 0.331 e. The quantitative estimate of drug-likeness (QED) is 0.649. The monoisotopic (exact) mass is 270 g/mol. The summed E-state index contributed by atoms with van der Waals surface area (Å²) in [6.07, 6.45) is 2.48. The number of rotatable bonds is 6. The van der Waals surface area contributed by atoms with Crippen molar-refractivity contribution in [2.24, 2.45) is 5.73 Å². The molecule has 0 aromatic rings. The molecule has 0 saturated heterocycles. The molecule has 0 aliphatic heterocycles. The molecule has 0 radical (unpaired) electrons. The summed E-state index contributed by atoms with van der Waals surface area (Å²) in [5.74, 6) is -1.10. The Balaban J connectivity index is 2.86. The molecule has 1 aliphatic rings. The molecule has 3 atom stereocenters. The molecule has 6 nitrogen and oxygen atoms in total. The van der Waals surface area contributed by atoms with E-state index in [0.29, 0.717) is 13.0 Å². The van der Waals surface area contributed by atoms with E-state index in [1.807, 2.05) is 6.92 Å². The predicted molar refractivity (Wildman–Crippen MR) is 70.6 cm³/mol. The summed E-state index contributed by atoms with van der Waals surface area (Å²) < 4.78 is 5.61. The first kappa shape index (κ1) is 15.7. The number of carboxylic acid groups (broad SMARTS) is 1. The summed E-state index contributed by atoms with van der Waals surface area (Å²) in [6.45, 7) is 4.22. The Morgan fingerprint density at radius 2 is 2.21 bits per heavy atom. The highest BCUT2D eigenvalue weighted by Crippen LogP contribution is 2.21. The number of amides is 1. The van der Waals surface area contributed by atoms with Crippen molar-refractivity contribution in [3.05, 3.63) is 11.6 Å². The number of carbonyl (C=O) groups excluding carboxylic acids is 1. The van der Waals surface area contributed by atoms with E-state index >= 15 is 0 Å². The summed E-state index contributed by atoms with van der Waals surface area (Å²) in [4.78, 5) is 22.5. The zero-order chi connectivity index (χ0) is 14.4. The van der Waals surface area contributed by atoms with Gasteiger partial charge in [0, 0.05) is 24.6 Å². The molecule has 3 unspecified atom stereocenters. The highest BCUT2D eigenvalue weighted by Gasteiger charge is 2.34. The number of ether oxygens (including phenoxy) is 1. The summed E-state index contributed by atoms with van der Waals surface area (Å²) in [7, 11) is 0.